The molecule has 0 bridgehead atoms. The number of rotatable bonds is 14. The van der Waals surface area contributed by atoms with Gasteiger partial charge in [0, 0.05) is 22.9 Å². The number of amides is 2. The van der Waals surface area contributed by atoms with Crippen LogP contribution in [0.25, 0.3) is 37.7 Å². The van der Waals surface area contributed by atoms with Crippen molar-refractivity contribution in [3.8, 4) is 17.7 Å². The zero-order valence-corrected chi connectivity index (χ0v) is 41.8. The Morgan fingerprint density at radius 3 is 2.01 bits per heavy atom. The van der Waals surface area contributed by atoms with Crippen molar-refractivity contribution in [2.24, 2.45) is 30.7 Å². The standard InChI is InChI=1S/C39H28N12O18S6/c1-17-21(16-40)36-42-22-4-2-3-5-28(22)51(36)37(53)32(17)48-45-24-9-7-19-20(35(24)75(67,68)69)13-31(74(64,65)66)33(34(19)52)49-47-27-14-25(43-38(54)41-10-11-71(55,56)57)26(15-30(27)73(61,62)63)46-50-39-44-23-8-6-18(72(58,59)60)12-29(23)70-39/h2-9,12-15,52-53H,10-11H2,1H3,(H2,41,43,54)(H,55,56,57)(H,58,59,60)(H,61,62,63)(H,64,65,66)(H,67,68,69). The first-order valence-corrected chi connectivity index (χ1v) is 28.2. The van der Waals surface area contributed by atoms with Crippen molar-refractivity contribution >= 4 is 145 Å². The number of nitrogens with one attached hydrogen (secondary N) is 2. The number of benzene rings is 5. The second kappa shape index (κ2) is 19.3. The van der Waals surface area contributed by atoms with E-state index in [1.165, 1.54) is 17.4 Å². The Morgan fingerprint density at radius 1 is 0.693 bits per heavy atom. The maximum atomic E-state index is 13.1. The molecule has 0 aliphatic heterocycles. The number of pyridine rings is 1. The van der Waals surface area contributed by atoms with Crippen molar-refractivity contribution in [3.63, 3.8) is 0 Å². The molecule has 0 aliphatic rings. The number of hydrogen-bond acceptors (Lipinski definition) is 23. The van der Waals surface area contributed by atoms with Gasteiger partial charge in [0.2, 0.25) is 11.0 Å². The molecule has 0 saturated carbocycles. The Labute approximate surface area is 423 Å². The van der Waals surface area contributed by atoms with E-state index in [-0.39, 0.29) is 37.8 Å². The number of para-hydroxylation sites is 2. The third-order valence-corrected chi connectivity index (χ3v) is 15.6. The number of nitriles is 1. The van der Waals surface area contributed by atoms with Crippen LogP contribution < -0.4 is 10.6 Å². The van der Waals surface area contributed by atoms with Gasteiger partial charge < -0.3 is 20.8 Å². The lowest BCUT2D eigenvalue weighted by atomic mass is 10.1. The SMILES string of the molecule is Cc1c(N=Nc2ccc3c(O)c(N=Nc4cc(NC(=O)NCCS(=O)(=O)O)c(N=Nc5nc6ccc(S(=O)(=O)O)cc6s5)cc4S(=O)(=O)O)c(S(=O)(=O)O)cc3c2S(=O)(=O)O)c(O)n2c(nc3ccccc32)c1C#N. The summed E-state index contributed by atoms with van der Waals surface area (Å²) >= 11 is 0.711. The van der Waals surface area contributed by atoms with E-state index < -0.39 is 139 Å². The molecule has 3 aromatic heterocycles. The Bertz CT molecular complexity index is 4540. The van der Waals surface area contributed by atoms with E-state index in [1.807, 2.05) is 6.07 Å². The van der Waals surface area contributed by atoms with Crippen molar-refractivity contribution in [1.29, 1.82) is 5.26 Å². The Kier molecular flexibility index (Phi) is 13.7. The summed E-state index contributed by atoms with van der Waals surface area (Å²) < 4.78 is 175. The predicted molar refractivity (Wildman–Crippen MR) is 261 cm³/mol. The highest BCUT2D eigenvalue weighted by Gasteiger charge is 2.30. The van der Waals surface area contributed by atoms with Crippen LogP contribution in [0.15, 0.2) is 123 Å². The van der Waals surface area contributed by atoms with E-state index in [9.17, 15) is 80.6 Å². The topological polar surface area (TPSA) is 482 Å². The fraction of sp³-hybridized carbons (Fsp3) is 0.0769. The zero-order chi connectivity index (χ0) is 54.7. The highest BCUT2D eigenvalue weighted by Crippen LogP contribution is 2.47. The molecule has 0 atom stereocenters. The molecule has 0 spiro atoms. The van der Waals surface area contributed by atoms with Crippen molar-refractivity contribution in [2.45, 2.75) is 26.5 Å². The number of hydrogen-bond donors (Lipinski definition) is 9. The van der Waals surface area contributed by atoms with E-state index in [4.69, 9.17) is 4.55 Å². The largest absolute Gasteiger partial charge is 0.505 e. The first-order valence-electron chi connectivity index (χ1n) is 20.0. The number of carbonyl (C=O) groups excluding carboxylic acids is 1. The van der Waals surface area contributed by atoms with Gasteiger partial charge in [0.1, 0.15) is 49.1 Å². The number of aromatic hydroxyl groups is 2. The van der Waals surface area contributed by atoms with Gasteiger partial charge in [-0.1, -0.05) is 23.5 Å². The molecule has 8 aromatic rings. The number of thiazole rings is 1. The van der Waals surface area contributed by atoms with Gasteiger partial charge in [-0.25, -0.2) is 14.8 Å². The molecular weight excluding hydrogens is 1120 g/mol. The van der Waals surface area contributed by atoms with Gasteiger partial charge in [0.05, 0.1) is 37.6 Å². The van der Waals surface area contributed by atoms with Crippen molar-refractivity contribution in [3.05, 3.63) is 83.9 Å². The summed E-state index contributed by atoms with van der Waals surface area (Å²) in [5, 5.41) is 58.2. The molecule has 8 rings (SSSR count). The van der Waals surface area contributed by atoms with Gasteiger partial charge in [-0.3, -0.25) is 27.2 Å². The molecule has 75 heavy (non-hydrogen) atoms. The lowest BCUT2D eigenvalue weighted by molar-refractivity contribution is 0.252. The predicted octanol–water partition coefficient (Wildman–Crippen LogP) is 7.08. The number of aromatic nitrogens is 3. The van der Waals surface area contributed by atoms with E-state index in [0.29, 0.717) is 40.6 Å². The highest BCUT2D eigenvalue weighted by atomic mass is 32.2. The summed E-state index contributed by atoms with van der Waals surface area (Å²) in [5.74, 6) is -2.90. The second-order valence-corrected chi connectivity index (χ2v) is 23.4. The molecule has 0 aliphatic carbocycles. The lowest BCUT2D eigenvalue weighted by Gasteiger charge is -2.13. The molecule has 0 radical (unpaired) electrons. The average molecular weight is 1150 g/mol. The molecule has 0 unspecified atom stereocenters. The quantitative estimate of drug-likeness (QED) is 0.0387. The molecule has 0 fully saturated rings. The number of azo groups is 3. The Balaban J connectivity index is 1.26. The van der Waals surface area contributed by atoms with Gasteiger partial charge in [0.25, 0.3) is 50.6 Å². The van der Waals surface area contributed by atoms with Gasteiger partial charge in [-0.05, 0) is 67.6 Å². The lowest BCUT2D eigenvalue weighted by Crippen LogP contribution is -2.32. The molecule has 30 nitrogen and oxygen atoms in total. The van der Waals surface area contributed by atoms with E-state index in [1.54, 1.807) is 24.3 Å². The minimum Gasteiger partial charge on any atom is -0.505 e. The fourth-order valence-corrected chi connectivity index (χ4v) is 11.0. The molecule has 388 valence electrons. The van der Waals surface area contributed by atoms with Crippen molar-refractivity contribution < 1.29 is 79.9 Å². The van der Waals surface area contributed by atoms with E-state index >= 15 is 0 Å². The first kappa shape index (κ1) is 53.2. The number of anilines is 1. The van der Waals surface area contributed by atoms with Crippen LogP contribution in [0, 0.1) is 18.3 Å². The van der Waals surface area contributed by atoms with Crippen LogP contribution in [0.4, 0.5) is 44.1 Å². The maximum Gasteiger partial charge on any atom is 0.319 e. The molecule has 2 amide bonds. The maximum absolute atomic E-state index is 13.1. The highest BCUT2D eigenvalue weighted by molar-refractivity contribution is 7.87. The molecule has 5 aromatic carbocycles. The average Bonchev–Trinajstić information content (AvgIpc) is 3.90. The third kappa shape index (κ3) is 10.9. The third-order valence-electron chi connectivity index (χ3n) is 10.4. The number of phenols is 1. The minimum atomic E-state index is -5.66. The number of carbonyl (C=O) groups is 1. The second-order valence-electron chi connectivity index (χ2n) is 15.3. The normalized spacial score (nSPS) is 13.0. The molecule has 36 heteroatoms. The molecule has 0 saturated heterocycles. The van der Waals surface area contributed by atoms with Crippen LogP contribution in [-0.4, -0.2) is 108 Å². The van der Waals surface area contributed by atoms with Crippen LogP contribution in [0.2, 0.25) is 0 Å². The first-order chi connectivity index (χ1) is 34.9. The minimum absolute atomic E-state index is 0.0146. The fourth-order valence-electron chi connectivity index (χ4n) is 7.13. The van der Waals surface area contributed by atoms with Crippen LogP contribution in [0.3, 0.4) is 0 Å². The molecule has 9 N–H and O–H groups in total. The zero-order valence-electron chi connectivity index (χ0n) is 36.9. The van der Waals surface area contributed by atoms with Gasteiger partial charge in [-0.15, -0.1) is 30.7 Å². The summed E-state index contributed by atoms with van der Waals surface area (Å²) in [5.41, 5.74) is -3.80. The summed E-state index contributed by atoms with van der Waals surface area (Å²) in [4.78, 5) is 17.0. The van der Waals surface area contributed by atoms with Crippen molar-refractivity contribution in [2.75, 3.05) is 17.6 Å². The smallest absolute Gasteiger partial charge is 0.319 e. The van der Waals surface area contributed by atoms with Gasteiger partial charge in [-0.2, -0.15) is 47.4 Å². The van der Waals surface area contributed by atoms with E-state index in [2.05, 4.69) is 51.3 Å². The molecule has 3 heterocycles. The Morgan fingerprint density at radius 2 is 1.36 bits per heavy atom. The number of phenolic OH excluding ortho intramolecular Hbond substituents is 1. The number of imidazole rings is 1. The summed E-state index contributed by atoms with van der Waals surface area (Å²) in [6.07, 6.45) is 0. The van der Waals surface area contributed by atoms with Crippen LogP contribution in [0.1, 0.15) is 11.1 Å². The Hall–Kier alpha value is -8.09. The number of nitrogens with zero attached hydrogens (tertiary/aromatic N) is 10. The van der Waals surface area contributed by atoms with Gasteiger partial charge >= 0.3 is 6.03 Å². The van der Waals surface area contributed by atoms with Gasteiger partial charge in [0.15, 0.2) is 17.1 Å². The van der Waals surface area contributed by atoms with Crippen molar-refractivity contribution in [1.82, 2.24) is 19.7 Å². The number of fused-ring (bicyclic) bond motifs is 5. The number of urea groups is 1. The summed E-state index contributed by atoms with van der Waals surface area (Å²) in [6, 6.07) is 13.7. The monoisotopic (exact) mass is 1140 g/mol. The summed E-state index contributed by atoms with van der Waals surface area (Å²) in [7, 11) is -25.9. The van der Waals surface area contributed by atoms with Crippen LogP contribution in [0.5, 0.6) is 11.6 Å². The van der Waals surface area contributed by atoms with E-state index in [0.717, 1.165) is 24.3 Å². The van der Waals surface area contributed by atoms with Crippen LogP contribution in [-0.2, 0) is 50.6 Å². The van der Waals surface area contributed by atoms with Crippen LogP contribution >= 0.6 is 11.3 Å². The molecular formula is C39H28N12O18S6. The summed E-state index contributed by atoms with van der Waals surface area (Å²) in [6.45, 7) is 0.664.